The summed E-state index contributed by atoms with van der Waals surface area (Å²) >= 11 is 18.9. The second-order valence-corrected chi connectivity index (χ2v) is 6.78. The summed E-state index contributed by atoms with van der Waals surface area (Å²) < 4.78 is 6.08. The van der Waals surface area contributed by atoms with Gasteiger partial charge in [-0.25, -0.2) is 0 Å². The number of rotatable bonds is 3. The van der Waals surface area contributed by atoms with Gasteiger partial charge < -0.3 is 4.42 Å². The predicted molar refractivity (Wildman–Crippen MR) is 87.0 cm³/mol. The molecule has 112 valence electrons. The second-order valence-electron chi connectivity index (χ2n) is 4.08. The van der Waals surface area contributed by atoms with Gasteiger partial charge in [0.2, 0.25) is 0 Å². The third-order valence-electron chi connectivity index (χ3n) is 2.65. The van der Waals surface area contributed by atoms with Crippen molar-refractivity contribution in [2.45, 2.75) is 0 Å². The first-order valence-corrected chi connectivity index (χ1v) is 7.84. The number of carbonyl (C=O) groups excluding carboxylic acids is 1. The van der Waals surface area contributed by atoms with Gasteiger partial charge in [-0.05, 0) is 18.2 Å². The Labute approximate surface area is 143 Å². The van der Waals surface area contributed by atoms with Crippen molar-refractivity contribution in [3.05, 3.63) is 49.6 Å². The van der Waals surface area contributed by atoms with E-state index in [1.807, 2.05) is 0 Å². The first-order chi connectivity index (χ1) is 10.5. The first-order valence-electron chi connectivity index (χ1n) is 5.89. The summed E-state index contributed by atoms with van der Waals surface area (Å²) in [6.07, 6.45) is 0. The maximum atomic E-state index is 12.1. The van der Waals surface area contributed by atoms with Crippen LogP contribution in [0.25, 0.3) is 11.5 Å². The largest absolute Gasteiger partial charge is 0.403 e. The van der Waals surface area contributed by atoms with Gasteiger partial charge >= 0.3 is 6.01 Å². The topological polar surface area (TPSA) is 68.0 Å². The monoisotopic (exact) mass is 373 g/mol. The fourth-order valence-corrected chi connectivity index (χ4v) is 3.35. The summed E-state index contributed by atoms with van der Waals surface area (Å²) in [5, 5.41) is 10.5. The zero-order valence-electron chi connectivity index (χ0n) is 10.6. The summed E-state index contributed by atoms with van der Waals surface area (Å²) in [6.45, 7) is 0. The van der Waals surface area contributed by atoms with Gasteiger partial charge in [0, 0.05) is 0 Å². The Bertz CT molecular complexity index is 847. The van der Waals surface area contributed by atoms with Crippen molar-refractivity contribution in [1.82, 2.24) is 10.2 Å². The van der Waals surface area contributed by atoms with Crippen molar-refractivity contribution in [2.24, 2.45) is 0 Å². The molecule has 2 heterocycles. The van der Waals surface area contributed by atoms with Gasteiger partial charge in [-0.15, -0.1) is 16.4 Å². The van der Waals surface area contributed by atoms with Crippen LogP contribution in [0.3, 0.4) is 0 Å². The van der Waals surface area contributed by atoms with E-state index in [0.717, 1.165) is 11.3 Å². The van der Waals surface area contributed by atoms with Crippen LogP contribution in [0.5, 0.6) is 0 Å². The van der Waals surface area contributed by atoms with Crippen LogP contribution < -0.4 is 5.32 Å². The summed E-state index contributed by atoms with van der Waals surface area (Å²) in [5.41, 5.74) is 0.822. The van der Waals surface area contributed by atoms with E-state index in [1.54, 1.807) is 24.3 Å². The molecule has 0 radical (unpaired) electrons. The molecule has 0 fully saturated rings. The quantitative estimate of drug-likeness (QED) is 0.699. The van der Waals surface area contributed by atoms with Gasteiger partial charge in [0.1, 0.15) is 4.34 Å². The number of hydrogen-bond donors (Lipinski definition) is 1. The number of anilines is 1. The Morgan fingerprint density at radius 3 is 2.64 bits per heavy atom. The Morgan fingerprint density at radius 2 is 1.95 bits per heavy atom. The van der Waals surface area contributed by atoms with Gasteiger partial charge in [0.15, 0.2) is 0 Å². The van der Waals surface area contributed by atoms with Crippen molar-refractivity contribution in [3.8, 4) is 11.5 Å². The van der Waals surface area contributed by atoms with E-state index in [2.05, 4.69) is 15.5 Å². The Hall–Kier alpha value is -1.60. The molecule has 0 aliphatic carbocycles. The molecule has 0 saturated heterocycles. The summed E-state index contributed by atoms with van der Waals surface area (Å²) in [5.74, 6) is -0.280. The predicted octanol–water partition coefficient (Wildman–Crippen LogP) is 5.01. The Morgan fingerprint density at radius 1 is 1.18 bits per heavy atom. The van der Waals surface area contributed by atoms with Gasteiger partial charge in [-0.1, -0.05) is 52.0 Å². The van der Waals surface area contributed by atoms with Gasteiger partial charge in [0.25, 0.3) is 11.8 Å². The molecule has 0 aliphatic rings. The van der Waals surface area contributed by atoms with Crippen molar-refractivity contribution in [3.63, 3.8) is 0 Å². The van der Waals surface area contributed by atoms with E-state index in [1.165, 1.54) is 6.07 Å². The molecule has 0 spiro atoms. The lowest BCUT2D eigenvalue weighted by molar-refractivity contribution is 0.102. The fraction of sp³-hybridized carbons (Fsp3) is 0. The number of nitrogens with zero attached hydrogens (tertiary/aromatic N) is 2. The van der Waals surface area contributed by atoms with E-state index in [0.29, 0.717) is 14.9 Å². The van der Waals surface area contributed by atoms with Crippen molar-refractivity contribution in [2.75, 3.05) is 5.32 Å². The molecule has 1 amide bonds. The van der Waals surface area contributed by atoms with Crippen LogP contribution >= 0.6 is 46.1 Å². The number of nitrogens with one attached hydrogen (secondary N) is 1. The molecule has 0 aliphatic heterocycles. The number of amides is 1. The summed E-state index contributed by atoms with van der Waals surface area (Å²) in [4.78, 5) is 12.1. The van der Waals surface area contributed by atoms with Gasteiger partial charge in [-0.3, -0.25) is 10.1 Å². The first kappa shape index (κ1) is 15.3. The van der Waals surface area contributed by atoms with Crippen molar-refractivity contribution < 1.29 is 9.21 Å². The van der Waals surface area contributed by atoms with Crippen LogP contribution in [-0.2, 0) is 0 Å². The lowest BCUT2D eigenvalue weighted by atomic mass is 10.2. The Kier molecular flexibility index (Phi) is 4.35. The molecule has 0 bridgehead atoms. The van der Waals surface area contributed by atoms with E-state index < -0.39 is 5.91 Å². The molecule has 22 heavy (non-hydrogen) atoms. The molecule has 5 nitrogen and oxygen atoms in total. The molecule has 2 aromatic heterocycles. The molecule has 0 saturated carbocycles. The van der Waals surface area contributed by atoms with Crippen LogP contribution in [0.2, 0.25) is 13.7 Å². The van der Waals surface area contributed by atoms with Crippen LogP contribution in [0.4, 0.5) is 6.01 Å². The number of hydrogen-bond acceptors (Lipinski definition) is 5. The number of halogens is 3. The Balaban J connectivity index is 1.82. The van der Waals surface area contributed by atoms with Crippen molar-refractivity contribution in [1.29, 1.82) is 0 Å². The molecular formula is C13H6Cl3N3O2S. The highest BCUT2D eigenvalue weighted by Gasteiger charge is 2.18. The maximum absolute atomic E-state index is 12.1. The number of thiophene rings is 1. The smallest absolute Gasteiger partial charge is 0.322 e. The average molecular weight is 375 g/mol. The van der Waals surface area contributed by atoms with Crippen LogP contribution in [-0.4, -0.2) is 16.1 Å². The SMILES string of the molecule is O=C(Nc1nnc(-c2ccccc2Cl)o1)c1cc(Cl)sc1Cl. The van der Waals surface area contributed by atoms with Crippen molar-refractivity contribution >= 4 is 58.1 Å². The highest BCUT2D eigenvalue weighted by atomic mass is 35.5. The van der Waals surface area contributed by atoms with Crippen LogP contribution in [0.1, 0.15) is 10.4 Å². The van der Waals surface area contributed by atoms with E-state index in [-0.39, 0.29) is 21.8 Å². The molecule has 0 unspecified atom stereocenters. The van der Waals surface area contributed by atoms with Crippen LogP contribution in [0.15, 0.2) is 34.7 Å². The van der Waals surface area contributed by atoms with Crippen LogP contribution in [0, 0.1) is 0 Å². The molecule has 3 rings (SSSR count). The van der Waals surface area contributed by atoms with E-state index in [9.17, 15) is 4.79 Å². The minimum atomic E-state index is -0.484. The molecule has 1 N–H and O–H groups in total. The number of aromatic nitrogens is 2. The molecular weight excluding hydrogens is 369 g/mol. The molecule has 9 heteroatoms. The zero-order valence-corrected chi connectivity index (χ0v) is 13.7. The van der Waals surface area contributed by atoms with E-state index in [4.69, 9.17) is 39.2 Å². The molecule has 3 aromatic rings. The minimum absolute atomic E-state index is 0.0571. The second kappa shape index (κ2) is 6.26. The standard InChI is InChI=1S/C13H6Cl3N3O2S/c14-8-4-2-1-3-6(8)12-18-19-13(21-12)17-11(20)7-5-9(15)22-10(7)16/h1-5H,(H,17,19,20). The van der Waals surface area contributed by atoms with Gasteiger partial charge in [-0.2, -0.15) is 0 Å². The van der Waals surface area contributed by atoms with Gasteiger partial charge in [0.05, 0.1) is 20.5 Å². The lowest BCUT2D eigenvalue weighted by Gasteiger charge is -1.99. The fourth-order valence-electron chi connectivity index (χ4n) is 1.68. The zero-order chi connectivity index (χ0) is 15.7. The maximum Gasteiger partial charge on any atom is 0.322 e. The lowest BCUT2D eigenvalue weighted by Crippen LogP contribution is -2.11. The number of benzene rings is 1. The molecule has 0 atom stereocenters. The number of carbonyl (C=O) groups is 1. The van der Waals surface area contributed by atoms with E-state index >= 15 is 0 Å². The highest BCUT2D eigenvalue weighted by molar-refractivity contribution is 7.20. The average Bonchev–Trinajstić information content (AvgIpc) is 3.06. The normalized spacial score (nSPS) is 10.7. The summed E-state index contributed by atoms with van der Waals surface area (Å²) in [7, 11) is 0. The third-order valence-corrected chi connectivity index (χ3v) is 4.47. The molecule has 1 aromatic carbocycles. The highest BCUT2D eigenvalue weighted by Crippen LogP contribution is 2.32. The third kappa shape index (κ3) is 3.10. The minimum Gasteiger partial charge on any atom is -0.403 e. The summed E-state index contributed by atoms with van der Waals surface area (Å²) in [6, 6.07) is 8.42.